The predicted molar refractivity (Wildman–Crippen MR) is 68.3 cm³/mol. The molecule has 0 heterocycles. The first kappa shape index (κ1) is 12.3. The molecule has 0 bridgehead atoms. The van der Waals surface area contributed by atoms with Gasteiger partial charge in [0.25, 0.3) is 0 Å². The zero-order valence-corrected chi connectivity index (χ0v) is 10.2. The highest BCUT2D eigenvalue weighted by atomic mass is 19.1. The quantitative estimate of drug-likeness (QED) is 0.872. The Bertz CT molecular complexity index is 618. The molecule has 2 aromatic carbocycles. The zero-order valence-electron chi connectivity index (χ0n) is 10.2. The second kappa shape index (κ2) is 4.61. The number of carbonyl (C=O) groups is 1. The van der Waals surface area contributed by atoms with Gasteiger partial charge in [-0.3, -0.25) is 0 Å². The van der Waals surface area contributed by atoms with Gasteiger partial charge in [-0.2, -0.15) is 0 Å². The summed E-state index contributed by atoms with van der Waals surface area (Å²) in [5.41, 5.74) is 3.42. The molecule has 2 aromatic rings. The normalized spacial score (nSPS) is 10.4. The number of aromatic carboxylic acids is 1. The summed E-state index contributed by atoms with van der Waals surface area (Å²) in [7, 11) is 0. The van der Waals surface area contributed by atoms with E-state index in [-0.39, 0.29) is 11.4 Å². The minimum absolute atomic E-state index is 0.216. The van der Waals surface area contributed by atoms with Gasteiger partial charge in [0, 0.05) is 0 Å². The molecule has 0 saturated heterocycles. The predicted octanol–water partition coefficient (Wildman–Crippen LogP) is 3.81. The van der Waals surface area contributed by atoms with Crippen LogP contribution in [0.15, 0.2) is 36.4 Å². The first-order valence-electron chi connectivity index (χ1n) is 5.59. The highest BCUT2D eigenvalue weighted by Gasteiger charge is 2.09. The lowest BCUT2D eigenvalue weighted by atomic mass is 9.97. The van der Waals surface area contributed by atoms with Gasteiger partial charge in [-0.05, 0) is 60.4 Å². The summed E-state index contributed by atoms with van der Waals surface area (Å²) in [5.74, 6) is -1.30. The van der Waals surface area contributed by atoms with Crippen LogP contribution in [0, 0.1) is 19.7 Å². The highest BCUT2D eigenvalue weighted by molar-refractivity contribution is 5.90. The molecule has 0 aromatic heterocycles. The maximum Gasteiger partial charge on any atom is 0.335 e. The maximum atomic E-state index is 13.3. The molecular weight excluding hydrogens is 231 g/mol. The van der Waals surface area contributed by atoms with Gasteiger partial charge in [-0.15, -0.1) is 0 Å². The molecule has 0 aliphatic carbocycles. The third-order valence-corrected chi connectivity index (χ3v) is 2.83. The number of hydrogen-bond donors (Lipinski definition) is 1. The lowest BCUT2D eigenvalue weighted by Gasteiger charge is -2.08. The summed E-state index contributed by atoms with van der Waals surface area (Å²) in [5, 5.41) is 9.03. The van der Waals surface area contributed by atoms with E-state index in [2.05, 4.69) is 0 Å². The first-order chi connectivity index (χ1) is 8.47. The van der Waals surface area contributed by atoms with Gasteiger partial charge in [0.2, 0.25) is 0 Å². The average Bonchev–Trinajstić information content (AvgIpc) is 2.31. The number of hydrogen-bond acceptors (Lipinski definition) is 1. The standard InChI is InChI=1S/C15H13FO2/c1-9-5-11(7-12(6-9)15(17)18)14-8-13(16)4-3-10(14)2/h3-8H,1-2H3,(H,17,18). The van der Waals surface area contributed by atoms with E-state index in [4.69, 9.17) is 5.11 Å². The topological polar surface area (TPSA) is 37.3 Å². The molecule has 0 unspecified atom stereocenters. The summed E-state index contributed by atoms with van der Waals surface area (Å²) < 4.78 is 13.3. The molecule has 2 nitrogen and oxygen atoms in total. The highest BCUT2D eigenvalue weighted by Crippen LogP contribution is 2.26. The van der Waals surface area contributed by atoms with Gasteiger partial charge in [0.15, 0.2) is 0 Å². The Kier molecular flexibility index (Phi) is 3.15. The SMILES string of the molecule is Cc1cc(C(=O)O)cc(-c2cc(F)ccc2C)c1. The van der Waals surface area contributed by atoms with E-state index >= 15 is 0 Å². The fraction of sp³-hybridized carbons (Fsp3) is 0.133. The Morgan fingerprint density at radius 1 is 1.11 bits per heavy atom. The number of rotatable bonds is 2. The Morgan fingerprint density at radius 3 is 2.50 bits per heavy atom. The van der Waals surface area contributed by atoms with E-state index in [1.807, 2.05) is 19.9 Å². The molecule has 0 atom stereocenters. The molecule has 0 aliphatic rings. The van der Waals surface area contributed by atoms with Crippen LogP contribution in [0.2, 0.25) is 0 Å². The molecule has 2 rings (SSSR count). The molecule has 92 valence electrons. The van der Waals surface area contributed by atoms with Crippen LogP contribution in [0.3, 0.4) is 0 Å². The molecule has 18 heavy (non-hydrogen) atoms. The maximum absolute atomic E-state index is 13.3. The Morgan fingerprint density at radius 2 is 1.83 bits per heavy atom. The van der Waals surface area contributed by atoms with Crippen molar-refractivity contribution in [3.63, 3.8) is 0 Å². The Labute approximate surface area is 105 Å². The monoisotopic (exact) mass is 244 g/mol. The van der Waals surface area contributed by atoms with Crippen LogP contribution in [-0.4, -0.2) is 11.1 Å². The van der Waals surface area contributed by atoms with Crippen LogP contribution in [0.5, 0.6) is 0 Å². The van der Waals surface area contributed by atoms with Gasteiger partial charge in [0.1, 0.15) is 5.82 Å². The van der Waals surface area contributed by atoms with Crippen LogP contribution >= 0.6 is 0 Å². The third-order valence-electron chi connectivity index (χ3n) is 2.83. The van der Waals surface area contributed by atoms with Crippen molar-refractivity contribution in [3.8, 4) is 11.1 Å². The van der Waals surface area contributed by atoms with E-state index in [0.29, 0.717) is 0 Å². The van der Waals surface area contributed by atoms with Crippen molar-refractivity contribution in [2.24, 2.45) is 0 Å². The largest absolute Gasteiger partial charge is 0.478 e. The van der Waals surface area contributed by atoms with E-state index < -0.39 is 5.97 Å². The van der Waals surface area contributed by atoms with Crippen LogP contribution in [0.1, 0.15) is 21.5 Å². The summed E-state index contributed by atoms with van der Waals surface area (Å²) in [6, 6.07) is 9.53. The van der Waals surface area contributed by atoms with Crippen molar-refractivity contribution in [2.75, 3.05) is 0 Å². The van der Waals surface area contributed by atoms with Gasteiger partial charge in [0.05, 0.1) is 5.56 Å². The molecule has 0 radical (unpaired) electrons. The molecule has 0 amide bonds. The molecule has 0 fully saturated rings. The van der Waals surface area contributed by atoms with Gasteiger partial charge < -0.3 is 5.11 Å². The van der Waals surface area contributed by atoms with E-state index in [1.54, 1.807) is 18.2 Å². The van der Waals surface area contributed by atoms with Crippen LogP contribution in [0.25, 0.3) is 11.1 Å². The average molecular weight is 244 g/mol. The number of benzene rings is 2. The first-order valence-corrected chi connectivity index (χ1v) is 5.59. The lowest BCUT2D eigenvalue weighted by molar-refractivity contribution is 0.0697. The minimum atomic E-state index is -0.978. The summed E-state index contributed by atoms with van der Waals surface area (Å²) in [6.45, 7) is 3.70. The van der Waals surface area contributed by atoms with Crippen molar-refractivity contribution >= 4 is 5.97 Å². The summed E-state index contributed by atoms with van der Waals surface area (Å²) >= 11 is 0. The number of aryl methyl sites for hydroxylation is 2. The molecular formula is C15H13FO2. The van der Waals surface area contributed by atoms with Crippen LogP contribution in [0.4, 0.5) is 4.39 Å². The van der Waals surface area contributed by atoms with Gasteiger partial charge >= 0.3 is 5.97 Å². The lowest BCUT2D eigenvalue weighted by Crippen LogP contribution is -1.98. The van der Waals surface area contributed by atoms with Crippen LogP contribution < -0.4 is 0 Å². The number of halogens is 1. The smallest absolute Gasteiger partial charge is 0.335 e. The van der Waals surface area contributed by atoms with Crippen molar-refractivity contribution < 1.29 is 14.3 Å². The summed E-state index contributed by atoms with van der Waals surface area (Å²) in [4.78, 5) is 11.0. The van der Waals surface area contributed by atoms with Crippen molar-refractivity contribution in [2.45, 2.75) is 13.8 Å². The van der Waals surface area contributed by atoms with Gasteiger partial charge in [-0.25, -0.2) is 9.18 Å². The molecule has 0 spiro atoms. The zero-order chi connectivity index (χ0) is 13.3. The Balaban J connectivity index is 2.63. The van der Waals surface area contributed by atoms with E-state index in [1.165, 1.54) is 12.1 Å². The minimum Gasteiger partial charge on any atom is -0.478 e. The van der Waals surface area contributed by atoms with Crippen molar-refractivity contribution in [1.29, 1.82) is 0 Å². The third kappa shape index (κ3) is 2.40. The fourth-order valence-electron chi connectivity index (χ4n) is 1.97. The van der Waals surface area contributed by atoms with Crippen molar-refractivity contribution in [3.05, 3.63) is 58.9 Å². The van der Waals surface area contributed by atoms with E-state index in [0.717, 1.165) is 22.3 Å². The number of carboxylic acid groups (broad SMARTS) is 1. The van der Waals surface area contributed by atoms with E-state index in [9.17, 15) is 9.18 Å². The molecule has 0 aliphatic heterocycles. The molecule has 0 saturated carbocycles. The molecule has 3 heteroatoms. The second-order valence-corrected chi connectivity index (χ2v) is 4.35. The number of carboxylic acids is 1. The van der Waals surface area contributed by atoms with Crippen molar-refractivity contribution in [1.82, 2.24) is 0 Å². The fourth-order valence-corrected chi connectivity index (χ4v) is 1.97. The molecule has 1 N–H and O–H groups in total. The summed E-state index contributed by atoms with van der Waals surface area (Å²) in [6.07, 6.45) is 0. The Hall–Kier alpha value is -2.16. The van der Waals surface area contributed by atoms with Gasteiger partial charge in [-0.1, -0.05) is 12.1 Å². The second-order valence-electron chi connectivity index (χ2n) is 4.35. The van der Waals surface area contributed by atoms with Crippen LogP contribution in [-0.2, 0) is 0 Å².